The van der Waals surface area contributed by atoms with Gasteiger partial charge < -0.3 is 11.1 Å². The van der Waals surface area contributed by atoms with E-state index in [1.54, 1.807) is 13.0 Å². The van der Waals surface area contributed by atoms with E-state index in [2.05, 4.69) is 10.3 Å². The minimum atomic E-state index is -4.16. The van der Waals surface area contributed by atoms with Gasteiger partial charge in [-0.3, -0.25) is 4.79 Å². The number of halogens is 3. The molecule has 21 heavy (non-hydrogen) atoms. The topological polar surface area (TPSA) is 68.0 Å². The van der Waals surface area contributed by atoms with Crippen LogP contribution in [0.1, 0.15) is 31.2 Å². The van der Waals surface area contributed by atoms with Gasteiger partial charge in [-0.2, -0.15) is 13.2 Å². The number of amides is 1. The number of nitrogens with zero attached hydrogens (tertiary/aromatic N) is 1. The third-order valence-electron chi connectivity index (χ3n) is 3.90. The molecule has 1 aromatic rings. The van der Waals surface area contributed by atoms with Crippen LogP contribution >= 0.6 is 0 Å². The molecule has 1 saturated carbocycles. The monoisotopic (exact) mass is 301 g/mol. The van der Waals surface area contributed by atoms with Gasteiger partial charge in [0.15, 0.2) is 0 Å². The lowest BCUT2D eigenvalue weighted by Gasteiger charge is -2.29. The molecule has 0 bridgehead atoms. The van der Waals surface area contributed by atoms with Crippen LogP contribution < -0.4 is 11.1 Å². The Hall–Kier alpha value is -1.79. The Labute approximate surface area is 120 Å². The van der Waals surface area contributed by atoms with Crippen molar-refractivity contribution in [3.63, 3.8) is 0 Å². The van der Waals surface area contributed by atoms with Crippen LogP contribution in [0.25, 0.3) is 0 Å². The molecule has 0 aromatic carbocycles. The van der Waals surface area contributed by atoms with Crippen LogP contribution in [0.5, 0.6) is 0 Å². The first kappa shape index (κ1) is 15.6. The number of carbonyl (C=O) groups excluding carboxylic acids is 1. The summed E-state index contributed by atoms with van der Waals surface area (Å²) in [7, 11) is 0. The van der Waals surface area contributed by atoms with E-state index < -0.39 is 12.1 Å². The second-order valence-electron chi connectivity index (χ2n) is 5.51. The van der Waals surface area contributed by atoms with Crippen molar-refractivity contribution in [3.8, 4) is 0 Å². The van der Waals surface area contributed by atoms with Crippen molar-refractivity contribution in [2.24, 2.45) is 11.8 Å². The summed E-state index contributed by atoms with van der Waals surface area (Å²) in [6.45, 7) is 1.76. The molecule has 1 aliphatic rings. The number of rotatable bonds is 2. The van der Waals surface area contributed by atoms with Gasteiger partial charge in [0, 0.05) is 5.92 Å². The molecular formula is C14H18F3N3O. The SMILES string of the molecule is Cc1cc(N)cnc1NC(=O)C1CCC(C(F)(F)F)CC1. The fourth-order valence-electron chi connectivity index (χ4n) is 2.63. The van der Waals surface area contributed by atoms with Crippen molar-refractivity contribution >= 4 is 17.4 Å². The molecule has 1 aromatic heterocycles. The molecule has 1 aliphatic carbocycles. The first-order valence-corrected chi connectivity index (χ1v) is 6.87. The summed E-state index contributed by atoms with van der Waals surface area (Å²) >= 11 is 0. The third kappa shape index (κ3) is 3.86. The van der Waals surface area contributed by atoms with E-state index in [0.29, 0.717) is 11.5 Å². The Morgan fingerprint density at radius 2 is 1.95 bits per heavy atom. The second kappa shape index (κ2) is 5.91. The van der Waals surface area contributed by atoms with Crippen molar-refractivity contribution in [3.05, 3.63) is 17.8 Å². The van der Waals surface area contributed by atoms with E-state index in [9.17, 15) is 18.0 Å². The predicted octanol–water partition coefficient (Wildman–Crippen LogP) is 3.28. The zero-order chi connectivity index (χ0) is 15.6. The first-order chi connectivity index (χ1) is 9.77. The number of hydrogen-bond acceptors (Lipinski definition) is 3. The smallest absolute Gasteiger partial charge is 0.391 e. The molecule has 1 heterocycles. The third-order valence-corrected chi connectivity index (χ3v) is 3.90. The van der Waals surface area contributed by atoms with Crippen LogP contribution in [-0.4, -0.2) is 17.1 Å². The van der Waals surface area contributed by atoms with Gasteiger partial charge in [0.1, 0.15) is 5.82 Å². The summed E-state index contributed by atoms with van der Waals surface area (Å²) in [5.74, 6) is -1.52. The largest absolute Gasteiger partial charge is 0.397 e. The predicted molar refractivity (Wildman–Crippen MR) is 73.5 cm³/mol. The molecule has 0 spiro atoms. The van der Waals surface area contributed by atoms with Crippen LogP contribution in [0.15, 0.2) is 12.3 Å². The van der Waals surface area contributed by atoms with Gasteiger partial charge in [0.2, 0.25) is 5.91 Å². The number of pyridine rings is 1. The number of nitrogen functional groups attached to an aromatic ring is 1. The molecule has 2 rings (SSSR count). The summed E-state index contributed by atoms with van der Waals surface area (Å²) in [5.41, 5.74) is 6.80. The molecule has 1 amide bonds. The molecule has 4 nitrogen and oxygen atoms in total. The van der Waals surface area contributed by atoms with Crippen molar-refractivity contribution < 1.29 is 18.0 Å². The fourth-order valence-corrected chi connectivity index (χ4v) is 2.63. The van der Waals surface area contributed by atoms with Gasteiger partial charge in [-0.1, -0.05) is 0 Å². The van der Waals surface area contributed by atoms with Crippen molar-refractivity contribution in [2.75, 3.05) is 11.1 Å². The van der Waals surface area contributed by atoms with E-state index in [1.807, 2.05) is 0 Å². The van der Waals surface area contributed by atoms with Crippen LogP contribution in [-0.2, 0) is 4.79 Å². The average Bonchev–Trinajstić information content (AvgIpc) is 2.41. The zero-order valence-corrected chi connectivity index (χ0v) is 11.7. The number of carbonyl (C=O) groups is 1. The molecule has 3 N–H and O–H groups in total. The van der Waals surface area contributed by atoms with E-state index >= 15 is 0 Å². The summed E-state index contributed by atoms with van der Waals surface area (Å²) in [5, 5.41) is 2.67. The van der Waals surface area contributed by atoms with Gasteiger partial charge in [-0.15, -0.1) is 0 Å². The highest BCUT2D eigenvalue weighted by atomic mass is 19.4. The van der Waals surface area contributed by atoms with E-state index in [-0.39, 0.29) is 37.5 Å². The number of nitrogens with one attached hydrogen (secondary N) is 1. The lowest BCUT2D eigenvalue weighted by Crippen LogP contribution is -2.32. The highest BCUT2D eigenvalue weighted by molar-refractivity contribution is 5.92. The minimum absolute atomic E-state index is 0.00966. The maximum atomic E-state index is 12.6. The van der Waals surface area contributed by atoms with E-state index in [4.69, 9.17) is 5.73 Å². The maximum Gasteiger partial charge on any atom is 0.391 e. The number of aryl methyl sites for hydroxylation is 1. The van der Waals surface area contributed by atoms with Gasteiger partial charge >= 0.3 is 6.18 Å². The van der Waals surface area contributed by atoms with Crippen molar-refractivity contribution in [1.82, 2.24) is 4.98 Å². The molecule has 0 unspecified atom stereocenters. The molecule has 0 radical (unpaired) electrons. The summed E-state index contributed by atoms with van der Waals surface area (Å²) in [4.78, 5) is 16.1. The zero-order valence-electron chi connectivity index (χ0n) is 11.7. The lowest BCUT2D eigenvalue weighted by atomic mass is 9.81. The number of alkyl halides is 3. The quantitative estimate of drug-likeness (QED) is 0.881. The highest BCUT2D eigenvalue weighted by Gasteiger charge is 2.42. The highest BCUT2D eigenvalue weighted by Crippen LogP contribution is 2.39. The standard InChI is InChI=1S/C14H18F3N3O/c1-8-6-11(18)7-19-12(8)20-13(21)9-2-4-10(5-3-9)14(15,16)17/h6-7,9-10H,2-5,18H2,1H3,(H,19,20,21). The molecular weight excluding hydrogens is 283 g/mol. The Bertz CT molecular complexity index is 523. The average molecular weight is 301 g/mol. The second-order valence-corrected chi connectivity index (χ2v) is 5.51. The van der Waals surface area contributed by atoms with Crippen molar-refractivity contribution in [2.45, 2.75) is 38.8 Å². The summed E-state index contributed by atoms with van der Waals surface area (Å²) in [6.07, 6.45) is -2.20. The van der Waals surface area contributed by atoms with Gasteiger partial charge in [0.05, 0.1) is 17.8 Å². The minimum Gasteiger partial charge on any atom is -0.397 e. The fraction of sp³-hybridized carbons (Fsp3) is 0.571. The normalized spacial score (nSPS) is 22.9. The number of anilines is 2. The Balaban J connectivity index is 1.93. The molecule has 0 saturated heterocycles. The van der Waals surface area contributed by atoms with Gasteiger partial charge in [-0.05, 0) is 44.2 Å². The van der Waals surface area contributed by atoms with Gasteiger partial charge in [0.25, 0.3) is 0 Å². The Kier molecular flexibility index (Phi) is 4.39. The van der Waals surface area contributed by atoms with Gasteiger partial charge in [-0.25, -0.2) is 4.98 Å². The van der Waals surface area contributed by atoms with E-state index in [0.717, 1.165) is 5.56 Å². The lowest BCUT2D eigenvalue weighted by molar-refractivity contribution is -0.184. The molecule has 1 fully saturated rings. The number of hydrogen-bond donors (Lipinski definition) is 2. The number of aromatic nitrogens is 1. The molecule has 0 aliphatic heterocycles. The Morgan fingerprint density at radius 1 is 1.33 bits per heavy atom. The Morgan fingerprint density at radius 3 is 2.48 bits per heavy atom. The molecule has 7 heteroatoms. The van der Waals surface area contributed by atoms with E-state index in [1.165, 1.54) is 6.20 Å². The maximum absolute atomic E-state index is 12.6. The number of nitrogens with two attached hydrogens (primary N) is 1. The molecule has 0 atom stereocenters. The van der Waals surface area contributed by atoms with Crippen LogP contribution in [0.2, 0.25) is 0 Å². The van der Waals surface area contributed by atoms with Crippen molar-refractivity contribution in [1.29, 1.82) is 0 Å². The van der Waals surface area contributed by atoms with Crippen LogP contribution in [0.4, 0.5) is 24.7 Å². The summed E-state index contributed by atoms with van der Waals surface area (Å²) < 4.78 is 37.8. The first-order valence-electron chi connectivity index (χ1n) is 6.87. The van der Waals surface area contributed by atoms with Crippen LogP contribution in [0, 0.1) is 18.8 Å². The summed E-state index contributed by atoms with van der Waals surface area (Å²) in [6, 6.07) is 1.68. The van der Waals surface area contributed by atoms with Crippen LogP contribution in [0.3, 0.4) is 0 Å². The molecule has 116 valence electrons.